The fraction of sp³-hybridized carbons (Fsp3) is 0.125. The molecule has 0 spiro atoms. The maximum absolute atomic E-state index is 13.8. The molecule has 1 unspecified atom stereocenters. The number of carbonyl (C=O) groups excluding carboxylic acids is 2. The van der Waals surface area contributed by atoms with Gasteiger partial charge in [-0.05, 0) is 24.3 Å². The molecule has 10 heteroatoms. The Labute approximate surface area is 144 Å². The summed E-state index contributed by atoms with van der Waals surface area (Å²) in [4.78, 5) is 30.8. The van der Waals surface area contributed by atoms with Gasteiger partial charge in [0.2, 0.25) is 5.82 Å². The largest absolute Gasteiger partial charge is 0.402 e. The van der Waals surface area contributed by atoms with Crippen LogP contribution in [0, 0.1) is 0 Å². The summed E-state index contributed by atoms with van der Waals surface area (Å²) >= 11 is 0. The molecule has 0 aliphatic rings. The van der Waals surface area contributed by atoms with Crippen molar-refractivity contribution >= 4 is 17.3 Å². The van der Waals surface area contributed by atoms with Crippen molar-refractivity contribution in [3.8, 4) is 0 Å². The molecule has 3 aromatic heterocycles. The van der Waals surface area contributed by atoms with Crippen LogP contribution in [-0.2, 0) is 0 Å². The summed E-state index contributed by atoms with van der Waals surface area (Å²) in [6.45, 7) is 0. The van der Waals surface area contributed by atoms with Gasteiger partial charge in [0, 0.05) is 11.9 Å². The highest BCUT2D eigenvalue weighted by atomic mass is 19.4. The van der Waals surface area contributed by atoms with Gasteiger partial charge < -0.3 is 11.5 Å². The SMILES string of the molecule is NC(=O)c1nc(C(N)=O)n2c(C(c3ccccn3)C(F)(F)F)cccc12. The number of primary amides is 2. The number of amides is 2. The maximum atomic E-state index is 13.8. The standard InChI is InChI=1S/C16H12F3N5O2/c17-16(18,19)11(8-4-1-2-7-22-8)9-5-3-6-10-12(13(20)25)23-15(14(21)26)24(9)10/h1-7,11H,(H2,20,25)(H2,21,26). The zero-order chi connectivity index (χ0) is 19.1. The molecule has 0 saturated heterocycles. The van der Waals surface area contributed by atoms with Crippen molar-refractivity contribution in [1.82, 2.24) is 14.4 Å². The van der Waals surface area contributed by atoms with Gasteiger partial charge in [-0.15, -0.1) is 0 Å². The number of rotatable bonds is 4. The Balaban J connectivity index is 2.39. The van der Waals surface area contributed by atoms with E-state index in [9.17, 15) is 22.8 Å². The molecule has 0 fully saturated rings. The molecule has 134 valence electrons. The molecule has 0 bridgehead atoms. The fourth-order valence-corrected chi connectivity index (χ4v) is 2.77. The van der Waals surface area contributed by atoms with E-state index < -0.39 is 29.7 Å². The summed E-state index contributed by atoms with van der Waals surface area (Å²) in [6, 6.07) is 7.92. The summed E-state index contributed by atoms with van der Waals surface area (Å²) < 4.78 is 42.4. The summed E-state index contributed by atoms with van der Waals surface area (Å²) in [5, 5.41) is 0. The first-order valence-electron chi connectivity index (χ1n) is 7.30. The number of alkyl halides is 3. The Morgan fingerprint density at radius 3 is 2.31 bits per heavy atom. The lowest BCUT2D eigenvalue weighted by atomic mass is 9.98. The van der Waals surface area contributed by atoms with Crippen LogP contribution in [0.1, 0.15) is 38.4 Å². The van der Waals surface area contributed by atoms with E-state index in [1.807, 2.05) is 0 Å². The molecule has 3 rings (SSSR count). The summed E-state index contributed by atoms with van der Waals surface area (Å²) in [5.74, 6) is -4.77. The highest BCUT2D eigenvalue weighted by molar-refractivity contribution is 6.01. The van der Waals surface area contributed by atoms with Crippen LogP contribution in [0.25, 0.3) is 5.52 Å². The van der Waals surface area contributed by atoms with Gasteiger partial charge in [-0.1, -0.05) is 12.1 Å². The lowest BCUT2D eigenvalue weighted by molar-refractivity contribution is -0.142. The number of halogens is 3. The van der Waals surface area contributed by atoms with E-state index >= 15 is 0 Å². The molecule has 3 aromatic rings. The molecule has 0 aromatic carbocycles. The number of hydrogen-bond acceptors (Lipinski definition) is 4. The normalized spacial score (nSPS) is 12.9. The summed E-state index contributed by atoms with van der Waals surface area (Å²) in [5.41, 5.74) is 9.42. The van der Waals surface area contributed by atoms with Crippen molar-refractivity contribution in [3.63, 3.8) is 0 Å². The van der Waals surface area contributed by atoms with Gasteiger partial charge in [0.05, 0.1) is 11.2 Å². The number of fused-ring (bicyclic) bond motifs is 1. The summed E-state index contributed by atoms with van der Waals surface area (Å²) in [6.07, 6.45) is -3.50. The quantitative estimate of drug-likeness (QED) is 0.732. The maximum Gasteiger partial charge on any atom is 0.402 e. The Morgan fingerprint density at radius 1 is 1.04 bits per heavy atom. The van der Waals surface area contributed by atoms with Crippen molar-refractivity contribution in [2.75, 3.05) is 0 Å². The van der Waals surface area contributed by atoms with E-state index in [-0.39, 0.29) is 22.6 Å². The number of nitrogens with two attached hydrogens (primary N) is 2. The number of aromatic nitrogens is 3. The predicted octanol–water partition coefficient (Wildman–Crippen LogP) is 1.62. The van der Waals surface area contributed by atoms with Crippen LogP contribution < -0.4 is 11.5 Å². The van der Waals surface area contributed by atoms with Gasteiger partial charge >= 0.3 is 6.18 Å². The van der Waals surface area contributed by atoms with Crippen LogP contribution in [0.15, 0.2) is 42.6 Å². The third kappa shape index (κ3) is 2.85. The molecule has 1 atom stereocenters. The van der Waals surface area contributed by atoms with Gasteiger partial charge in [-0.2, -0.15) is 13.2 Å². The van der Waals surface area contributed by atoms with Gasteiger partial charge in [-0.25, -0.2) is 4.98 Å². The monoisotopic (exact) mass is 363 g/mol. The van der Waals surface area contributed by atoms with E-state index in [1.165, 1.54) is 42.6 Å². The average Bonchev–Trinajstić information content (AvgIpc) is 2.96. The zero-order valence-corrected chi connectivity index (χ0v) is 13.1. The predicted molar refractivity (Wildman–Crippen MR) is 84.4 cm³/mol. The Bertz CT molecular complexity index is 998. The van der Waals surface area contributed by atoms with Gasteiger partial charge in [0.1, 0.15) is 5.92 Å². The van der Waals surface area contributed by atoms with Crippen LogP contribution >= 0.6 is 0 Å². The number of carbonyl (C=O) groups is 2. The van der Waals surface area contributed by atoms with Gasteiger partial charge in [0.25, 0.3) is 11.8 Å². The summed E-state index contributed by atoms with van der Waals surface area (Å²) in [7, 11) is 0. The van der Waals surface area contributed by atoms with Crippen LogP contribution in [0.4, 0.5) is 13.2 Å². The second kappa shape index (κ2) is 6.14. The van der Waals surface area contributed by atoms with Crippen molar-refractivity contribution in [2.45, 2.75) is 12.1 Å². The minimum Gasteiger partial charge on any atom is -0.364 e. The molecule has 7 nitrogen and oxygen atoms in total. The van der Waals surface area contributed by atoms with Crippen LogP contribution in [0.2, 0.25) is 0 Å². The molecule has 0 aliphatic carbocycles. The second-order valence-corrected chi connectivity index (χ2v) is 5.41. The second-order valence-electron chi connectivity index (χ2n) is 5.41. The van der Waals surface area contributed by atoms with Crippen LogP contribution in [0.3, 0.4) is 0 Å². The smallest absolute Gasteiger partial charge is 0.364 e. The molecule has 3 heterocycles. The highest BCUT2D eigenvalue weighted by Gasteiger charge is 2.44. The van der Waals surface area contributed by atoms with Gasteiger partial charge in [-0.3, -0.25) is 19.0 Å². The molecular formula is C16H12F3N5O2. The first-order chi connectivity index (χ1) is 12.2. The molecule has 2 amide bonds. The zero-order valence-electron chi connectivity index (χ0n) is 13.1. The van der Waals surface area contributed by atoms with Crippen molar-refractivity contribution in [3.05, 3.63) is 65.5 Å². The van der Waals surface area contributed by atoms with Crippen molar-refractivity contribution < 1.29 is 22.8 Å². The number of imidazole rings is 1. The van der Waals surface area contributed by atoms with Crippen molar-refractivity contribution in [2.24, 2.45) is 11.5 Å². The Hall–Kier alpha value is -3.43. The molecule has 26 heavy (non-hydrogen) atoms. The number of nitrogens with zero attached hydrogens (tertiary/aromatic N) is 3. The topological polar surface area (TPSA) is 116 Å². The van der Waals surface area contributed by atoms with Crippen LogP contribution in [0.5, 0.6) is 0 Å². The Morgan fingerprint density at radius 2 is 1.77 bits per heavy atom. The molecular weight excluding hydrogens is 351 g/mol. The van der Waals surface area contributed by atoms with Crippen LogP contribution in [-0.4, -0.2) is 32.4 Å². The van der Waals surface area contributed by atoms with E-state index in [0.29, 0.717) is 0 Å². The lowest BCUT2D eigenvalue weighted by Gasteiger charge is -2.22. The lowest BCUT2D eigenvalue weighted by Crippen LogP contribution is -2.26. The highest BCUT2D eigenvalue weighted by Crippen LogP contribution is 2.39. The molecule has 0 radical (unpaired) electrons. The van der Waals surface area contributed by atoms with Gasteiger partial charge in [0.15, 0.2) is 5.69 Å². The first-order valence-corrected chi connectivity index (χ1v) is 7.30. The third-order valence-electron chi connectivity index (χ3n) is 3.75. The fourth-order valence-electron chi connectivity index (χ4n) is 2.77. The van der Waals surface area contributed by atoms with E-state index in [0.717, 1.165) is 4.40 Å². The molecule has 0 saturated carbocycles. The van der Waals surface area contributed by atoms with Crippen molar-refractivity contribution in [1.29, 1.82) is 0 Å². The number of hydrogen-bond donors (Lipinski definition) is 2. The number of pyridine rings is 2. The Kier molecular flexibility index (Phi) is 4.10. The third-order valence-corrected chi connectivity index (χ3v) is 3.75. The minimum absolute atomic E-state index is 0.0472. The average molecular weight is 363 g/mol. The van der Waals surface area contributed by atoms with E-state index in [1.54, 1.807) is 0 Å². The first kappa shape index (κ1) is 17.4. The molecule has 0 aliphatic heterocycles. The van der Waals surface area contributed by atoms with E-state index in [2.05, 4.69) is 9.97 Å². The minimum atomic E-state index is -4.73. The molecule has 4 N–H and O–H groups in total. The van der Waals surface area contributed by atoms with E-state index in [4.69, 9.17) is 11.5 Å².